The fraction of sp³-hybridized carbons (Fsp3) is 0.318. The summed E-state index contributed by atoms with van der Waals surface area (Å²) >= 11 is 0. The first kappa shape index (κ1) is 19.8. The first-order valence-electron chi connectivity index (χ1n) is 9.87. The summed E-state index contributed by atoms with van der Waals surface area (Å²) in [5.41, 5.74) is 3.36. The van der Waals surface area contributed by atoms with Crippen LogP contribution in [0.4, 0.5) is 11.4 Å². The Morgan fingerprint density at radius 1 is 1.03 bits per heavy atom. The molecule has 2 heterocycles. The molecule has 1 saturated heterocycles. The van der Waals surface area contributed by atoms with Crippen LogP contribution in [0.25, 0.3) is 0 Å². The van der Waals surface area contributed by atoms with Crippen LogP contribution in [-0.4, -0.2) is 41.4 Å². The molecule has 0 aromatic heterocycles. The highest BCUT2D eigenvalue weighted by Gasteiger charge is 2.55. The molecule has 0 bridgehead atoms. The minimum atomic E-state index is -0.920. The van der Waals surface area contributed by atoms with Crippen LogP contribution in [-0.2, 0) is 14.4 Å². The van der Waals surface area contributed by atoms with Crippen molar-refractivity contribution < 1.29 is 14.4 Å². The zero-order chi connectivity index (χ0) is 21.4. The van der Waals surface area contributed by atoms with E-state index in [0.717, 1.165) is 10.5 Å². The van der Waals surface area contributed by atoms with Crippen LogP contribution in [0.2, 0.25) is 0 Å². The fourth-order valence-electron chi connectivity index (χ4n) is 3.60. The van der Waals surface area contributed by atoms with Gasteiger partial charge in [-0.3, -0.25) is 19.4 Å². The third-order valence-corrected chi connectivity index (χ3v) is 5.32. The van der Waals surface area contributed by atoms with Crippen LogP contribution in [0.5, 0.6) is 0 Å². The number of aryl methyl sites for hydroxylation is 1. The van der Waals surface area contributed by atoms with Crippen molar-refractivity contribution in [2.75, 3.05) is 16.8 Å². The van der Waals surface area contributed by atoms with Gasteiger partial charge < -0.3 is 5.32 Å². The molecule has 0 spiro atoms. The lowest BCUT2D eigenvalue weighted by Gasteiger charge is -2.20. The van der Waals surface area contributed by atoms with E-state index in [1.165, 1.54) is 10.6 Å². The van der Waals surface area contributed by atoms with Gasteiger partial charge in [-0.15, -0.1) is 0 Å². The maximum Gasteiger partial charge on any atom is 0.263 e. The standard InChI is InChI=1S/C22H23N5O3/c1-13(2)15-6-8-16(9-7-15)23-18(28)12-26-20-19(24-25-26)21(29)27(22(20)30)17-10-4-14(3)5-11-17/h4-11,13,19-20H,12H2,1-3H3,(H,23,28)/t19-,20+/m0/s1. The second-order valence-electron chi connectivity index (χ2n) is 7.86. The van der Waals surface area contributed by atoms with Gasteiger partial charge in [0.2, 0.25) is 5.91 Å². The summed E-state index contributed by atoms with van der Waals surface area (Å²) in [5.74, 6) is -0.780. The highest BCUT2D eigenvalue weighted by Crippen LogP contribution is 2.31. The Hall–Kier alpha value is -3.55. The summed E-state index contributed by atoms with van der Waals surface area (Å²) in [6.45, 7) is 5.96. The van der Waals surface area contributed by atoms with Gasteiger partial charge in [0.25, 0.3) is 11.8 Å². The molecule has 0 saturated carbocycles. The first-order chi connectivity index (χ1) is 14.3. The molecule has 0 aliphatic carbocycles. The highest BCUT2D eigenvalue weighted by molar-refractivity contribution is 6.25. The molecular weight excluding hydrogens is 382 g/mol. The molecule has 0 radical (unpaired) electrons. The summed E-state index contributed by atoms with van der Waals surface area (Å²) < 4.78 is 0. The molecule has 2 aromatic rings. The second-order valence-corrected chi connectivity index (χ2v) is 7.86. The Balaban J connectivity index is 1.44. The number of imide groups is 1. The van der Waals surface area contributed by atoms with E-state index in [4.69, 9.17) is 0 Å². The van der Waals surface area contributed by atoms with Gasteiger partial charge in [0, 0.05) is 5.69 Å². The minimum absolute atomic E-state index is 0.169. The van der Waals surface area contributed by atoms with Crippen molar-refractivity contribution in [3.63, 3.8) is 0 Å². The quantitative estimate of drug-likeness (QED) is 0.774. The lowest BCUT2D eigenvalue weighted by molar-refractivity contribution is -0.123. The maximum absolute atomic E-state index is 12.9. The maximum atomic E-state index is 12.9. The molecule has 30 heavy (non-hydrogen) atoms. The van der Waals surface area contributed by atoms with E-state index in [2.05, 4.69) is 29.5 Å². The summed E-state index contributed by atoms with van der Waals surface area (Å²) in [6, 6.07) is 12.9. The zero-order valence-corrected chi connectivity index (χ0v) is 17.1. The van der Waals surface area contributed by atoms with Crippen molar-refractivity contribution in [2.45, 2.75) is 38.8 Å². The van der Waals surface area contributed by atoms with Gasteiger partial charge in [-0.25, -0.2) is 4.90 Å². The Bertz CT molecular complexity index is 1010. The van der Waals surface area contributed by atoms with E-state index in [1.807, 2.05) is 43.3 Å². The minimum Gasteiger partial charge on any atom is -0.324 e. The topological polar surface area (TPSA) is 94.4 Å². The molecule has 2 aliphatic rings. The number of hydrogen-bond donors (Lipinski definition) is 1. The van der Waals surface area contributed by atoms with Crippen molar-refractivity contribution in [3.8, 4) is 0 Å². The van der Waals surface area contributed by atoms with E-state index in [0.29, 0.717) is 17.3 Å². The second kappa shape index (κ2) is 7.70. The number of fused-ring (bicyclic) bond motifs is 1. The zero-order valence-electron chi connectivity index (χ0n) is 17.1. The highest BCUT2D eigenvalue weighted by atomic mass is 16.2. The molecule has 8 nitrogen and oxygen atoms in total. The number of hydrogen-bond acceptors (Lipinski definition) is 6. The lowest BCUT2D eigenvalue weighted by Crippen LogP contribution is -2.43. The Labute approximate surface area is 174 Å². The molecule has 2 aromatic carbocycles. The molecule has 1 fully saturated rings. The largest absolute Gasteiger partial charge is 0.324 e. The molecule has 3 amide bonds. The molecular formula is C22H23N5O3. The number of carbonyl (C=O) groups is 3. The lowest BCUT2D eigenvalue weighted by atomic mass is 10.0. The van der Waals surface area contributed by atoms with E-state index < -0.39 is 23.9 Å². The van der Waals surface area contributed by atoms with Crippen molar-refractivity contribution in [3.05, 3.63) is 59.7 Å². The Kier molecular flexibility index (Phi) is 5.07. The van der Waals surface area contributed by atoms with Crippen molar-refractivity contribution >= 4 is 29.1 Å². The number of carbonyl (C=O) groups excluding carboxylic acids is 3. The summed E-state index contributed by atoms with van der Waals surface area (Å²) in [7, 11) is 0. The fourth-order valence-corrected chi connectivity index (χ4v) is 3.60. The van der Waals surface area contributed by atoms with E-state index >= 15 is 0 Å². The molecule has 4 rings (SSSR count). The Morgan fingerprint density at radius 2 is 1.70 bits per heavy atom. The predicted molar refractivity (Wildman–Crippen MR) is 112 cm³/mol. The van der Waals surface area contributed by atoms with Gasteiger partial charge in [0.1, 0.15) is 6.54 Å². The van der Waals surface area contributed by atoms with Gasteiger partial charge in [-0.1, -0.05) is 48.9 Å². The molecule has 154 valence electrons. The van der Waals surface area contributed by atoms with Crippen LogP contribution >= 0.6 is 0 Å². The molecule has 1 N–H and O–H groups in total. The third-order valence-electron chi connectivity index (χ3n) is 5.32. The van der Waals surface area contributed by atoms with Gasteiger partial charge in [-0.2, -0.15) is 5.11 Å². The molecule has 8 heteroatoms. The van der Waals surface area contributed by atoms with Crippen molar-refractivity contribution in [1.82, 2.24) is 5.01 Å². The summed E-state index contributed by atoms with van der Waals surface area (Å²) in [6.07, 6.45) is 0. The molecule has 2 aliphatic heterocycles. The summed E-state index contributed by atoms with van der Waals surface area (Å²) in [5, 5.41) is 12.0. The average Bonchev–Trinajstić information content (AvgIpc) is 3.23. The number of nitrogens with zero attached hydrogens (tertiary/aromatic N) is 4. The summed E-state index contributed by atoms with van der Waals surface area (Å²) in [4.78, 5) is 39.3. The first-order valence-corrected chi connectivity index (χ1v) is 9.87. The number of nitrogens with one attached hydrogen (secondary N) is 1. The average molecular weight is 405 g/mol. The molecule has 0 unspecified atom stereocenters. The van der Waals surface area contributed by atoms with E-state index in [9.17, 15) is 14.4 Å². The van der Waals surface area contributed by atoms with Crippen molar-refractivity contribution in [1.29, 1.82) is 0 Å². The van der Waals surface area contributed by atoms with Crippen LogP contribution in [0, 0.1) is 6.92 Å². The predicted octanol–water partition coefficient (Wildman–Crippen LogP) is 3.05. The Morgan fingerprint density at radius 3 is 2.33 bits per heavy atom. The number of rotatable bonds is 5. The van der Waals surface area contributed by atoms with Gasteiger partial charge in [0.15, 0.2) is 12.1 Å². The number of benzene rings is 2. The van der Waals surface area contributed by atoms with Gasteiger partial charge in [-0.05, 0) is 42.7 Å². The third kappa shape index (κ3) is 3.56. The number of anilines is 2. The SMILES string of the molecule is Cc1ccc(N2C(=O)[C@H]3N=NN(CC(=O)Nc4ccc(C(C)C)cc4)[C@H]3C2=O)cc1. The van der Waals surface area contributed by atoms with Crippen LogP contribution in [0.3, 0.4) is 0 Å². The van der Waals surface area contributed by atoms with E-state index in [-0.39, 0.29) is 12.5 Å². The van der Waals surface area contributed by atoms with Crippen LogP contribution in [0.1, 0.15) is 30.9 Å². The van der Waals surface area contributed by atoms with E-state index in [1.54, 1.807) is 12.1 Å². The van der Waals surface area contributed by atoms with Crippen molar-refractivity contribution in [2.24, 2.45) is 10.3 Å². The number of amides is 3. The van der Waals surface area contributed by atoms with Crippen LogP contribution in [0.15, 0.2) is 58.9 Å². The molecule has 2 atom stereocenters. The van der Waals surface area contributed by atoms with Crippen LogP contribution < -0.4 is 10.2 Å². The monoisotopic (exact) mass is 405 g/mol. The smallest absolute Gasteiger partial charge is 0.263 e. The van der Waals surface area contributed by atoms with Gasteiger partial charge >= 0.3 is 0 Å². The van der Waals surface area contributed by atoms with Gasteiger partial charge in [0.05, 0.1) is 5.69 Å². The normalized spacial score (nSPS) is 20.3.